The van der Waals surface area contributed by atoms with E-state index in [2.05, 4.69) is 33.9 Å². The second kappa shape index (κ2) is 10.8. The maximum atomic E-state index is 13.7. The van der Waals surface area contributed by atoms with E-state index in [1.807, 2.05) is 32.9 Å². The Morgan fingerprint density at radius 2 is 1.62 bits per heavy atom. The van der Waals surface area contributed by atoms with Crippen LogP contribution in [0, 0.1) is 5.41 Å². The molecule has 0 saturated carbocycles. The van der Waals surface area contributed by atoms with Crippen LogP contribution in [0.4, 0.5) is 4.79 Å². The highest BCUT2D eigenvalue weighted by Crippen LogP contribution is 2.38. The van der Waals surface area contributed by atoms with Crippen LogP contribution in [0.25, 0.3) is 0 Å². The van der Waals surface area contributed by atoms with E-state index in [0.717, 1.165) is 16.7 Å². The molecular formula is C28H40NO6SSi. The molecule has 1 radical (unpaired) electrons. The van der Waals surface area contributed by atoms with Crippen LogP contribution in [0.5, 0.6) is 5.75 Å². The Bertz CT molecular complexity index is 1230. The van der Waals surface area contributed by atoms with E-state index in [-0.39, 0.29) is 27.9 Å². The number of carbonyl (C=O) groups is 1. The molecule has 1 aliphatic rings. The quantitative estimate of drug-likeness (QED) is 0.403. The zero-order valence-electron chi connectivity index (χ0n) is 23.5. The Morgan fingerprint density at radius 3 is 2.14 bits per heavy atom. The number of carbonyl (C=O) groups excluding carboxylic acids is 1. The average molecular weight is 547 g/mol. The Kier molecular flexibility index (Phi) is 8.51. The standard InChI is InChI=1S/C28H40NO6SSi/c1-27(2,3)25(35-37(8)9)19-10-12-22(13-11-19)36(31,32)24-17-21-18-29(26(30)34-28(4,5)6)15-14-20(21)16-23(24)33-7/h10-13,16-17,25H,14-15,18H2,1-9H3. The van der Waals surface area contributed by atoms with Gasteiger partial charge < -0.3 is 18.8 Å². The molecule has 0 saturated heterocycles. The topological polar surface area (TPSA) is 82.1 Å². The van der Waals surface area contributed by atoms with Gasteiger partial charge >= 0.3 is 6.09 Å². The van der Waals surface area contributed by atoms with E-state index in [4.69, 9.17) is 13.9 Å². The maximum Gasteiger partial charge on any atom is 0.410 e. The number of nitrogens with zero attached hydrogens (tertiary/aromatic N) is 1. The van der Waals surface area contributed by atoms with E-state index < -0.39 is 30.6 Å². The van der Waals surface area contributed by atoms with Crippen molar-refractivity contribution in [2.24, 2.45) is 5.41 Å². The molecule has 9 heteroatoms. The fraction of sp³-hybridized carbons (Fsp3) is 0.536. The van der Waals surface area contributed by atoms with Gasteiger partial charge in [-0.25, -0.2) is 13.2 Å². The maximum absolute atomic E-state index is 13.7. The van der Waals surface area contributed by atoms with Gasteiger partial charge in [0.2, 0.25) is 18.9 Å². The normalized spacial score (nSPS) is 15.4. The van der Waals surface area contributed by atoms with Crippen molar-refractivity contribution in [3.05, 3.63) is 53.1 Å². The molecular weight excluding hydrogens is 506 g/mol. The molecule has 1 amide bonds. The molecule has 0 N–H and O–H groups in total. The smallest absolute Gasteiger partial charge is 0.410 e. The van der Waals surface area contributed by atoms with E-state index >= 15 is 0 Å². The van der Waals surface area contributed by atoms with Crippen molar-refractivity contribution in [1.82, 2.24) is 4.90 Å². The van der Waals surface area contributed by atoms with Gasteiger partial charge in [0.25, 0.3) is 0 Å². The highest BCUT2D eigenvalue weighted by molar-refractivity contribution is 7.91. The van der Waals surface area contributed by atoms with E-state index in [9.17, 15) is 13.2 Å². The summed E-state index contributed by atoms with van der Waals surface area (Å²) in [7, 11) is -3.36. The summed E-state index contributed by atoms with van der Waals surface area (Å²) in [6, 6.07) is 10.4. The number of methoxy groups -OCH3 is 1. The van der Waals surface area contributed by atoms with E-state index in [1.54, 1.807) is 29.2 Å². The number of rotatable bonds is 6. The fourth-order valence-corrected chi connectivity index (χ4v) is 6.76. The van der Waals surface area contributed by atoms with Crippen LogP contribution in [0.15, 0.2) is 46.2 Å². The Hall–Kier alpha value is -2.36. The molecule has 1 aliphatic heterocycles. The molecule has 0 aliphatic carbocycles. The molecule has 37 heavy (non-hydrogen) atoms. The summed E-state index contributed by atoms with van der Waals surface area (Å²) < 4.78 is 44.8. The van der Waals surface area contributed by atoms with Gasteiger partial charge in [-0.2, -0.15) is 0 Å². The monoisotopic (exact) mass is 546 g/mol. The summed E-state index contributed by atoms with van der Waals surface area (Å²) in [4.78, 5) is 14.5. The number of benzene rings is 2. The third-order valence-corrected chi connectivity index (χ3v) is 8.57. The molecule has 0 fully saturated rings. The minimum absolute atomic E-state index is 0.0868. The lowest BCUT2D eigenvalue weighted by Gasteiger charge is -2.33. The summed E-state index contributed by atoms with van der Waals surface area (Å²) in [5.74, 6) is 0.300. The Morgan fingerprint density at radius 1 is 1.00 bits per heavy atom. The molecule has 7 nitrogen and oxygen atoms in total. The third kappa shape index (κ3) is 6.94. The predicted octanol–water partition coefficient (Wildman–Crippen LogP) is 6.18. The van der Waals surface area contributed by atoms with Crippen molar-refractivity contribution in [2.75, 3.05) is 13.7 Å². The summed E-state index contributed by atoms with van der Waals surface area (Å²) in [6.45, 7) is 16.8. The first-order valence-electron chi connectivity index (χ1n) is 12.5. The zero-order valence-corrected chi connectivity index (χ0v) is 25.3. The molecule has 203 valence electrons. The number of fused-ring (bicyclic) bond motifs is 1. The van der Waals surface area contributed by atoms with E-state index in [1.165, 1.54) is 7.11 Å². The van der Waals surface area contributed by atoms with Crippen molar-refractivity contribution in [2.45, 2.75) is 89.1 Å². The molecule has 1 unspecified atom stereocenters. The van der Waals surface area contributed by atoms with Gasteiger partial charge in [0, 0.05) is 13.1 Å². The molecule has 0 spiro atoms. The zero-order chi connectivity index (χ0) is 27.8. The number of sulfone groups is 1. The Labute approximate surface area is 223 Å². The highest BCUT2D eigenvalue weighted by Gasteiger charge is 2.31. The van der Waals surface area contributed by atoms with Crippen molar-refractivity contribution < 1.29 is 27.1 Å². The van der Waals surface area contributed by atoms with Crippen molar-refractivity contribution in [3.63, 3.8) is 0 Å². The highest BCUT2D eigenvalue weighted by atomic mass is 32.2. The predicted molar refractivity (Wildman–Crippen MR) is 146 cm³/mol. The van der Waals surface area contributed by atoms with Crippen LogP contribution in [0.1, 0.15) is 64.3 Å². The molecule has 2 aromatic carbocycles. The van der Waals surface area contributed by atoms with Crippen molar-refractivity contribution in [3.8, 4) is 5.75 Å². The summed E-state index contributed by atoms with van der Waals surface area (Å²) in [5.41, 5.74) is 1.95. The van der Waals surface area contributed by atoms with Crippen LogP contribution < -0.4 is 4.74 Å². The van der Waals surface area contributed by atoms with E-state index in [0.29, 0.717) is 18.7 Å². The van der Waals surface area contributed by atoms with Gasteiger partial charge in [-0.05, 0) is 86.7 Å². The number of hydrogen-bond acceptors (Lipinski definition) is 6. The van der Waals surface area contributed by atoms with Gasteiger partial charge in [0.05, 0.1) is 18.1 Å². The first kappa shape index (κ1) is 29.2. The fourth-order valence-electron chi connectivity index (χ4n) is 4.35. The lowest BCUT2D eigenvalue weighted by atomic mass is 9.85. The molecule has 1 heterocycles. The first-order valence-corrected chi connectivity index (χ1v) is 16.4. The molecule has 3 rings (SSSR count). The van der Waals surface area contributed by atoms with Gasteiger partial charge in [0.1, 0.15) is 16.2 Å². The summed E-state index contributed by atoms with van der Waals surface area (Å²) in [5, 5.41) is 0. The first-order chi connectivity index (χ1) is 17.0. The molecule has 2 aromatic rings. The summed E-state index contributed by atoms with van der Waals surface area (Å²) in [6.07, 6.45) is 0.0466. The molecule has 1 atom stereocenters. The largest absolute Gasteiger partial charge is 0.495 e. The van der Waals surface area contributed by atoms with Crippen LogP contribution in [0.2, 0.25) is 13.1 Å². The van der Waals surface area contributed by atoms with Crippen LogP contribution in [-0.4, -0.2) is 47.7 Å². The third-order valence-electron chi connectivity index (χ3n) is 6.07. The summed E-state index contributed by atoms with van der Waals surface area (Å²) >= 11 is 0. The van der Waals surface area contributed by atoms with Gasteiger partial charge in [-0.15, -0.1) is 0 Å². The van der Waals surface area contributed by atoms with Crippen LogP contribution in [-0.2, 0) is 32.0 Å². The average Bonchev–Trinajstić information content (AvgIpc) is 2.79. The van der Waals surface area contributed by atoms with Crippen LogP contribution >= 0.6 is 0 Å². The number of hydrogen-bond donors (Lipinski definition) is 0. The number of amides is 1. The van der Waals surface area contributed by atoms with Crippen LogP contribution in [0.3, 0.4) is 0 Å². The minimum atomic E-state index is -3.88. The number of ether oxygens (including phenoxy) is 2. The van der Waals surface area contributed by atoms with Gasteiger partial charge in [-0.3, -0.25) is 0 Å². The second-order valence-electron chi connectivity index (χ2n) is 11.8. The van der Waals surface area contributed by atoms with Gasteiger partial charge in [-0.1, -0.05) is 32.9 Å². The van der Waals surface area contributed by atoms with Gasteiger partial charge in [0.15, 0.2) is 0 Å². The van der Waals surface area contributed by atoms with Crippen molar-refractivity contribution >= 4 is 25.0 Å². The molecule has 0 bridgehead atoms. The lowest BCUT2D eigenvalue weighted by Crippen LogP contribution is -2.40. The SMILES string of the molecule is COc1cc2c(cc1S(=O)(=O)c1ccc(C(O[Si](C)C)C(C)(C)C)cc1)CN(C(=O)OC(C)(C)C)CC2. The van der Waals surface area contributed by atoms with Crippen molar-refractivity contribution in [1.29, 1.82) is 0 Å². The lowest BCUT2D eigenvalue weighted by molar-refractivity contribution is 0.0224. The minimum Gasteiger partial charge on any atom is -0.495 e. The molecule has 0 aromatic heterocycles. The second-order valence-corrected chi connectivity index (χ2v) is 15.7. The Balaban J connectivity index is 1.95.